The van der Waals surface area contributed by atoms with Gasteiger partial charge in [0.1, 0.15) is 47.4 Å². The summed E-state index contributed by atoms with van der Waals surface area (Å²) in [6.07, 6.45) is 1.43. The Bertz CT molecular complexity index is 2200. The van der Waals surface area contributed by atoms with Crippen LogP contribution in [0.2, 0.25) is 0 Å². The van der Waals surface area contributed by atoms with E-state index >= 15 is 4.39 Å². The fraction of sp³-hybridized carbons (Fsp3) is 0.511. The molecule has 330 valence electrons. The van der Waals surface area contributed by atoms with Crippen molar-refractivity contribution in [3.8, 4) is 23.3 Å². The Hall–Kier alpha value is -5.72. The van der Waals surface area contributed by atoms with Gasteiger partial charge >= 0.3 is 0 Å². The van der Waals surface area contributed by atoms with Crippen LogP contribution in [-0.4, -0.2) is 104 Å². The van der Waals surface area contributed by atoms with E-state index in [4.69, 9.17) is 18.9 Å². The number of nitriles is 1. The van der Waals surface area contributed by atoms with E-state index in [1.54, 1.807) is 24.3 Å². The van der Waals surface area contributed by atoms with Crippen molar-refractivity contribution in [2.45, 2.75) is 110 Å². The Morgan fingerprint density at radius 1 is 0.984 bits per heavy atom. The summed E-state index contributed by atoms with van der Waals surface area (Å²) in [7, 11) is 1.52. The number of nitrogens with zero attached hydrogens (tertiary/aromatic N) is 3. The number of carbonyl (C=O) groups excluding carboxylic acids is 4. The third-order valence-electron chi connectivity index (χ3n) is 12.9. The quantitative estimate of drug-likeness (QED) is 0.178. The summed E-state index contributed by atoms with van der Waals surface area (Å²) in [5, 5.41) is 17.3. The molecule has 4 fully saturated rings. The molecule has 0 radical (unpaired) electrons. The van der Waals surface area contributed by atoms with Gasteiger partial charge in [0.2, 0.25) is 11.8 Å². The predicted octanol–water partition coefficient (Wildman–Crippen LogP) is 5.38. The maximum Gasteiger partial charge on any atom is 0.254 e. The summed E-state index contributed by atoms with van der Waals surface area (Å²) < 4.78 is 39.2. The number of imide groups is 1. The minimum atomic E-state index is -0.898. The van der Waals surface area contributed by atoms with E-state index < -0.39 is 29.6 Å². The average molecular weight is 853 g/mol. The number of morpholine rings is 1. The van der Waals surface area contributed by atoms with Crippen LogP contribution in [0.4, 0.5) is 10.1 Å². The first-order valence-electron chi connectivity index (χ1n) is 21.4. The number of nitrogens with one attached hydrogen (secondary N) is 3. The number of ether oxygens (including phenoxy) is 4. The van der Waals surface area contributed by atoms with Crippen LogP contribution in [0, 0.1) is 28.0 Å². The first kappa shape index (κ1) is 44.3. The highest BCUT2D eigenvalue weighted by atomic mass is 19.1. The van der Waals surface area contributed by atoms with E-state index in [9.17, 15) is 24.4 Å². The number of carbonyl (C=O) groups is 4. The Balaban J connectivity index is 0.885. The Morgan fingerprint density at radius 3 is 2.32 bits per heavy atom. The average Bonchev–Trinajstić information content (AvgIpc) is 3.23. The molecule has 2 atom stereocenters. The van der Waals surface area contributed by atoms with E-state index in [1.165, 1.54) is 19.2 Å². The van der Waals surface area contributed by atoms with Crippen LogP contribution in [0.3, 0.4) is 0 Å². The molecule has 4 amide bonds. The van der Waals surface area contributed by atoms with Crippen LogP contribution in [0.25, 0.3) is 0 Å². The Labute approximate surface area is 362 Å². The Morgan fingerprint density at radius 2 is 1.68 bits per heavy atom. The molecule has 15 heteroatoms. The van der Waals surface area contributed by atoms with Gasteiger partial charge in [0.05, 0.1) is 30.9 Å². The molecule has 3 N–H and O–H groups in total. The molecule has 14 nitrogen and oxygen atoms in total. The van der Waals surface area contributed by atoms with Crippen LogP contribution in [-0.2, 0) is 14.3 Å². The first-order valence-corrected chi connectivity index (χ1v) is 21.4. The van der Waals surface area contributed by atoms with Gasteiger partial charge in [-0.15, -0.1) is 0 Å². The summed E-state index contributed by atoms with van der Waals surface area (Å²) in [5.41, 5.74) is 1.07. The van der Waals surface area contributed by atoms with Crippen LogP contribution in [0.1, 0.15) is 93.5 Å². The van der Waals surface area contributed by atoms with Gasteiger partial charge in [-0.05, 0) is 68.8 Å². The van der Waals surface area contributed by atoms with E-state index in [1.807, 2.05) is 24.3 Å². The van der Waals surface area contributed by atoms with Gasteiger partial charge in [-0.3, -0.25) is 29.4 Å². The van der Waals surface area contributed by atoms with Crippen molar-refractivity contribution in [2.24, 2.45) is 10.8 Å². The number of amides is 4. The molecule has 4 aliphatic rings. The minimum Gasteiger partial charge on any atom is -0.495 e. The highest BCUT2D eigenvalue weighted by molar-refractivity contribution is 6.03. The lowest BCUT2D eigenvalue weighted by molar-refractivity contribution is -0.164. The number of piperidine rings is 1. The standard InChI is InChI=1S/C47H57FN6O8/c1-27(2)54(31-20-34(21-31)61-32-14-15-36(37(48)22-32)42(57)50-38-16-17-40(55)51-43(38)58)26-35-25-53(18-19-60-35)30-11-8-28(9-12-30)41(56)52-44-46(3,4)45(47(44,5)6)62-33-13-10-29(24-49)39(23-33)59-7/h8-15,22-23,27,31,34-35,38,44-45H,16-21,25-26H2,1-7H3,(H,50,57)(H,52,56)(H,51,55,58)/t31-,34-,35-,38+,44-,45-/m1/s1. The number of rotatable bonds is 14. The highest BCUT2D eigenvalue weighted by Crippen LogP contribution is 2.55. The molecule has 2 heterocycles. The van der Waals surface area contributed by atoms with Crippen LogP contribution in [0.5, 0.6) is 17.2 Å². The number of methoxy groups -OCH3 is 1. The maximum atomic E-state index is 15.0. The lowest BCUT2D eigenvalue weighted by Gasteiger charge is -2.63. The first-order chi connectivity index (χ1) is 29.5. The molecular weight excluding hydrogens is 796 g/mol. The maximum absolute atomic E-state index is 15.0. The van der Waals surface area contributed by atoms with Gasteiger partial charge in [-0.1, -0.05) is 27.7 Å². The minimum absolute atomic E-state index is 0.0364. The summed E-state index contributed by atoms with van der Waals surface area (Å²) in [6.45, 7) is 15.4. The zero-order valence-electron chi connectivity index (χ0n) is 36.5. The molecule has 7 rings (SSSR count). The zero-order valence-corrected chi connectivity index (χ0v) is 36.5. The lowest BCUT2D eigenvalue weighted by Crippen LogP contribution is -2.74. The smallest absolute Gasteiger partial charge is 0.254 e. The van der Waals surface area contributed by atoms with Crippen LogP contribution in [0.15, 0.2) is 60.7 Å². The molecule has 0 aromatic heterocycles. The molecule has 0 unspecified atom stereocenters. The van der Waals surface area contributed by atoms with E-state index in [-0.39, 0.29) is 71.6 Å². The number of hydrogen-bond acceptors (Lipinski definition) is 11. The second-order valence-corrected chi connectivity index (χ2v) is 18.3. The summed E-state index contributed by atoms with van der Waals surface area (Å²) in [6, 6.07) is 18.6. The molecule has 2 saturated heterocycles. The molecule has 2 aliphatic carbocycles. The van der Waals surface area contributed by atoms with Gasteiger partial charge in [0, 0.05) is 91.2 Å². The third kappa shape index (κ3) is 9.22. The molecule has 2 aliphatic heterocycles. The van der Waals surface area contributed by atoms with Crippen molar-refractivity contribution in [1.82, 2.24) is 20.9 Å². The largest absolute Gasteiger partial charge is 0.495 e. The van der Waals surface area contributed by atoms with E-state index in [0.29, 0.717) is 41.5 Å². The molecule has 3 aromatic carbocycles. The van der Waals surface area contributed by atoms with Crippen molar-refractivity contribution >= 4 is 29.3 Å². The van der Waals surface area contributed by atoms with Gasteiger partial charge in [0.15, 0.2) is 0 Å². The van der Waals surface area contributed by atoms with E-state index in [2.05, 4.69) is 73.4 Å². The SMILES string of the molecule is COc1cc(O[C@H]2C(C)(C)[C@H](NC(=O)c3ccc(N4CCO[C@@H](CN(C(C)C)[C@H]5C[C@H](Oc6ccc(C(=O)N[C@H]7CCC(=O)NC7=O)c(F)c6)C5)C4)cc3)C2(C)C)ccc1C#N. The predicted molar refractivity (Wildman–Crippen MR) is 229 cm³/mol. The monoisotopic (exact) mass is 852 g/mol. The van der Waals surface area contributed by atoms with Crippen molar-refractivity contribution in [3.05, 3.63) is 83.2 Å². The summed E-state index contributed by atoms with van der Waals surface area (Å²) >= 11 is 0. The number of hydrogen-bond donors (Lipinski definition) is 3. The summed E-state index contributed by atoms with van der Waals surface area (Å²) in [4.78, 5) is 54.5. The summed E-state index contributed by atoms with van der Waals surface area (Å²) in [5.74, 6) is -1.24. The molecule has 0 bridgehead atoms. The van der Waals surface area contributed by atoms with Gasteiger partial charge < -0.3 is 34.5 Å². The van der Waals surface area contributed by atoms with Crippen molar-refractivity contribution < 1.29 is 42.5 Å². The van der Waals surface area contributed by atoms with Crippen molar-refractivity contribution in [1.29, 1.82) is 5.26 Å². The van der Waals surface area contributed by atoms with Gasteiger partial charge in [-0.25, -0.2) is 4.39 Å². The zero-order chi connectivity index (χ0) is 44.5. The molecule has 62 heavy (non-hydrogen) atoms. The molecule has 0 spiro atoms. The van der Waals surface area contributed by atoms with E-state index in [0.717, 1.165) is 31.6 Å². The molecule has 3 aromatic rings. The Kier molecular flexibility index (Phi) is 12.8. The topological polar surface area (TPSA) is 172 Å². The van der Waals surface area contributed by atoms with Crippen LogP contribution < -0.4 is 35.1 Å². The normalized spacial score (nSPS) is 25.1. The van der Waals surface area contributed by atoms with Gasteiger partial charge in [0.25, 0.3) is 11.8 Å². The fourth-order valence-corrected chi connectivity index (χ4v) is 9.81. The molecule has 2 saturated carbocycles. The fourth-order valence-electron chi connectivity index (χ4n) is 9.81. The number of benzene rings is 3. The molecular formula is C47H57FN6O8. The number of anilines is 1. The highest BCUT2D eigenvalue weighted by Gasteiger charge is 2.64. The van der Waals surface area contributed by atoms with Crippen molar-refractivity contribution in [2.75, 3.05) is 38.3 Å². The second-order valence-electron chi connectivity index (χ2n) is 18.3. The van der Waals surface area contributed by atoms with Gasteiger partial charge in [-0.2, -0.15) is 5.26 Å². The lowest BCUT2D eigenvalue weighted by atomic mass is 9.49. The van der Waals surface area contributed by atoms with Crippen molar-refractivity contribution in [3.63, 3.8) is 0 Å². The third-order valence-corrected chi connectivity index (χ3v) is 12.9. The van der Waals surface area contributed by atoms with Crippen LogP contribution >= 0.6 is 0 Å². The second kappa shape index (κ2) is 17.9. The number of halogens is 1.